The number of benzene rings is 1. The molecular weight excluding hydrogens is 260 g/mol. The summed E-state index contributed by atoms with van der Waals surface area (Å²) < 4.78 is 0. The van der Waals surface area contributed by atoms with Gasteiger partial charge in [-0.2, -0.15) is 0 Å². The molecule has 0 saturated heterocycles. The summed E-state index contributed by atoms with van der Waals surface area (Å²) in [4.78, 5) is 12.7. The highest BCUT2D eigenvalue weighted by Crippen LogP contribution is 2.36. The molecule has 0 radical (unpaired) electrons. The lowest BCUT2D eigenvalue weighted by Gasteiger charge is -2.35. The van der Waals surface area contributed by atoms with E-state index >= 15 is 0 Å². The molecule has 0 heterocycles. The van der Waals surface area contributed by atoms with Gasteiger partial charge in [-0.1, -0.05) is 43.0 Å². The number of hydrogen-bond acceptors (Lipinski definition) is 2. The molecule has 1 aromatic rings. The Morgan fingerprint density at radius 3 is 2.52 bits per heavy atom. The summed E-state index contributed by atoms with van der Waals surface area (Å²) >= 11 is 0. The van der Waals surface area contributed by atoms with E-state index in [4.69, 9.17) is 5.73 Å². The number of carbonyl (C=O) groups is 1. The second kappa shape index (κ2) is 6.61. The molecule has 3 N–H and O–H groups in total. The SMILES string of the molecule is Cc1ccc(C(C)NC(=O)C2(CN)CCCCC2)c(C)c1. The van der Waals surface area contributed by atoms with Gasteiger partial charge < -0.3 is 11.1 Å². The molecule has 1 amide bonds. The molecule has 2 rings (SSSR count). The van der Waals surface area contributed by atoms with Gasteiger partial charge in [-0.05, 0) is 44.7 Å². The van der Waals surface area contributed by atoms with Crippen LogP contribution in [0.2, 0.25) is 0 Å². The second-order valence-electron chi connectivity index (χ2n) is 6.60. The van der Waals surface area contributed by atoms with Crippen LogP contribution >= 0.6 is 0 Å². The highest BCUT2D eigenvalue weighted by atomic mass is 16.2. The van der Waals surface area contributed by atoms with Crippen molar-refractivity contribution in [3.63, 3.8) is 0 Å². The highest BCUT2D eigenvalue weighted by molar-refractivity contribution is 5.83. The topological polar surface area (TPSA) is 55.1 Å². The summed E-state index contributed by atoms with van der Waals surface area (Å²) in [7, 11) is 0. The Bertz CT molecular complexity index is 504. The van der Waals surface area contributed by atoms with Crippen molar-refractivity contribution in [1.29, 1.82) is 0 Å². The van der Waals surface area contributed by atoms with E-state index < -0.39 is 0 Å². The number of nitrogens with two attached hydrogens (primary N) is 1. The maximum absolute atomic E-state index is 12.7. The molecular formula is C18H28N2O. The zero-order valence-corrected chi connectivity index (χ0v) is 13.5. The van der Waals surface area contributed by atoms with Gasteiger partial charge in [0.25, 0.3) is 0 Å². The van der Waals surface area contributed by atoms with Crippen LogP contribution in [0.5, 0.6) is 0 Å². The Kier molecular flexibility index (Phi) is 5.04. The third-order valence-corrected chi connectivity index (χ3v) is 4.92. The van der Waals surface area contributed by atoms with Crippen molar-refractivity contribution in [1.82, 2.24) is 5.32 Å². The van der Waals surface area contributed by atoms with E-state index in [1.54, 1.807) is 0 Å². The zero-order chi connectivity index (χ0) is 15.5. The lowest BCUT2D eigenvalue weighted by Crippen LogP contribution is -2.47. The first kappa shape index (κ1) is 16.0. The maximum Gasteiger partial charge on any atom is 0.227 e. The minimum absolute atomic E-state index is 0.0310. The summed E-state index contributed by atoms with van der Waals surface area (Å²) in [5, 5.41) is 3.20. The Balaban J connectivity index is 2.10. The van der Waals surface area contributed by atoms with Gasteiger partial charge in [0.15, 0.2) is 0 Å². The number of amides is 1. The van der Waals surface area contributed by atoms with Gasteiger partial charge >= 0.3 is 0 Å². The minimum Gasteiger partial charge on any atom is -0.349 e. The van der Waals surface area contributed by atoms with Gasteiger partial charge in [-0.3, -0.25) is 4.79 Å². The molecule has 1 unspecified atom stereocenters. The highest BCUT2D eigenvalue weighted by Gasteiger charge is 2.38. The summed E-state index contributed by atoms with van der Waals surface area (Å²) in [6.07, 6.45) is 5.30. The summed E-state index contributed by atoms with van der Waals surface area (Å²) in [5.41, 5.74) is 9.27. The van der Waals surface area contributed by atoms with Gasteiger partial charge in [0.05, 0.1) is 11.5 Å². The molecule has 116 valence electrons. The van der Waals surface area contributed by atoms with E-state index in [0.29, 0.717) is 6.54 Å². The smallest absolute Gasteiger partial charge is 0.227 e. The third kappa shape index (κ3) is 3.46. The second-order valence-corrected chi connectivity index (χ2v) is 6.60. The zero-order valence-electron chi connectivity index (χ0n) is 13.5. The molecule has 1 aliphatic carbocycles. The number of rotatable bonds is 4. The first-order chi connectivity index (χ1) is 9.98. The van der Waals surface area contributed by atoms with E-state index in [1.165, 1.54) is 23.1 Å². The van der Waals surface area contributed by atoms with Crippen molar-refractivity contribution in [3.8, 4) is 0 Å². The largest absolute Gasteiger partial charge is 0.349 e. The number of nitrogens with one attached hydrogen (secondary N) is 1. The van der Waals surface area contributed by atoms with E-state index in [0.717, 1.165) is 25.7 Å². The van der Waals surface area contributed by atoms with Crippen LogP contribution in [0.25, 0.3) is 0 Å². The first-order valence-electron chi connectivity index (χ1n) is 8.07. The van der Waals surface area contributed by atoms with Gasteiger partial charge in [-0.25, -0.2) is 0 Å². The van der Waals surface area contributed by atoms with Crippen LogP contribution in [0.3, 0.4) is 0 Å². The van der Waals surface area contributed by atoms with Crippen molar-refractivity contribution in [2.75, 3.05) is 6.54 Å². The lowest BCUT2D eigenvalue weighted by molar-refractivity contribution is -0.133. The van der Waals surface area contributed by atoms with Gasteiger partial charge in [0, 0.05) is 6.54 Å². The molecule has 1 aliphatic rings. The van der Waals surface area contributed by atoms with E-state index in [1.807, 2.05) is 0 Å². The van der Waals surface area contributed by atoms with E-state index in [9.17, 15) is 4.79 Å². The fourth-order valence-corrected chi connectivity index (χ4v) is 3.49. The van der Waals surface area contributed by atoms with Crippen LogP contribution in [0.1, 0.15) is 61.8 Å². The monoisotopic (exact) mass is 288 g/mol. The van der Waals surface area contributed by atoms with Crippen LogP contribution in [-0.4, -0.2) is 12.5 Å². The molecule has 1 aromatic carbocycles. The Morgan fingerprint density at radius 2 is 1.95 bits per heavy atom. The van der Waals surface area contributed by atoms with Gasteiger partial charge in [0.2, 0.25) is 5.91 Å². The third-order valence-electron chi connectivity index (χ3n) is 4.92. The average molecular weight is 288 g/mol. The van der Waals surface area contributed by atoms with E-state index in [-0.39, 0.29) is 17.4 Å². The maximum atomic E-state index is 12.7. The summed E-state index contributed by atoms with van der Waals surface area (Å²) in [5.74, 6) is 0.136. The Labute approximate surface area is 128 Å². The van der Waals surface area contributed by atoms with Crippen molar-refractivity contribution in [2.45, 2.75) is 58.9 Å². The van der Waals surface area contributed by atoms with E-state index in [2.05, 4.69) is 44.3 Å². The van der Waals surface area contributed by atoms with Crippen LogP contribution in [0.4, 0.5) is 0 Å². The normalized spacial score (nSPS) is 19.0. The fraction of sp³-hybridized carbons (Fsp3) is 0.611. The van der Waals surface area contributed by atoms with Crippen LogP contribution < -0.4 is 11.1 Å². The standard InChI is InChI=1S/C18H28N2O/c1-13-7-8-16(14(2)11-13)15(3)20-17(21)18(12-19)9-5-4-6-10-18/h7-8,11,15H,4-6,9-10,12,19H2,1-3H3,(H,20,21). The van der Waals surface area contributed by atoms with Crippen LogP contribution in [0.15, 0.2) is 18.2 Å². The number of carbonyl (C=O) groups excluding carboxylic acids is 1. The van der Waals surface area contributed by atoms with Crippen LogP contribution in [-0.2, 0) is 4.79 Å². The molecule has 0 aliphatic heterocycles. The molecule has 3 heteroatoms. The van der Waals surface area contributed by atoms with Crippen LogP contribution in [0, 0.1) is 19.3 Å². The average Bonchev–Trinajstić information content (AvgIpc) is 2.47. The van der Waals surface area contributed by atoms with Crippen molar-refractivity contribution in [3.05, 3.63) is 34.9 Å². The van der Waals surface area contributed by atoms with Crippen molar-refractivity contribution in [2.24, 2.45) is 11.1 Å². The fourth-order valence-electron chi connectivity index (χ4n) is 3.49. The molecule has 1 saturated carbocycles. The predicted octanol–water partition coefficient (Wildman–Crippen LogP) is 3.39. The predicted molar refractivity (Wildman–Crippen MR) is 87.0 cm³/mol. The molecule has 1 atom stereocenters. The minimum atomic E-state index is -0.342. The first-order valence-corrected chi connectivity index (χ1v) is 8.07. The molecule has 3 nitrogen and oxygen atoms in total. The van der Waals surface area contributed by atoms with Gasteiger partial charge in [-0.15, -0.1) is 0 Å². The molecule has 0 aromatic heterocycles. The Morgan fingerprint density at radius 1 is 1.29 bits per heavy atom. The van der Waals surface area contributed by atoms with Crippen molar-refractivity contribution < 1.29 is 4.79 Å². The number of aryl methyl sites for hydroxylation is 2. The molecule has 0 bridgehead atoms. The summed E-state index contributed by atoms with van der Waals surface area (Å²) in [6, 6.07) is 6.41. The Hall–Kier alpha value is -1.35. The van der Waals surface area contributed by atoms with Gasteiger partial charge in [0.1, 0.15) is 0 Å². The summed E-state index contributed by atoms with van der Waals surface area (Å²) in [6.45, 7) is 6.71. The molecule has 1 fully saturated rings. The number of hydrogen-bond donors (Lipinski definition) is 2. The quantitative estimate of drug-likeness (QED) is 0.892. The molecule has 21 heavy (non-hydrogen) atoms. The molecule has 0 spiro atoms. The van der Waals surface area contributed by atoms with Crippen molar-refractivity contribution >= 4 is 5.91 Å². The lowest BCUT2D eigenvalue weighted by atomic mass is 9.73.